The normalized spacial score (nSPS) is 22.2. The fraction of sp³-hybridized carbons (Fsp3) is 0.727. The highest BCUT2D eigenvalue weighted by Crippen LogP contribution is 2.20. The summed E-state index contributed by atoms with van der Waals surface area (Å²) >= 11 is 0. The fourth-order valence-corrected chi connectivity index (χ4v) is 1.53. The number of hydrogen-bond acceptors (Lipinski definition) is 3. The third-order valence-electron chi connectivity index (χ3n) is 2.22. The Kier molecular flexibility index (Phi) is 3.19. The maximum Gasteiger partial charge on any atom is 0.311 e. The van der Waals surface area contributed by atoms with Crippen LogP contribution in [0.5, 0.6) is 0 Å². The van der Waals surface area contributed by atoms with Crippen molar-refractivity contribution in [2.24, 2.45) is 5.92 Å². The number of hydrogen-bond donors (Lipinski definition) is 0. The maximum atomic E-state index is 11.6. The zero-order chi connectivity index (χ0) is 10.8. The molecule has 0 aromatic carbocycles. The van der Waals surface area contributed by atoms with Crippen LogP contribution in [-0.4, -0.2) is 29.6 Å². The molecule has 80 valence electrons. The molecule has 1 fully saturated rings. The summed E-state index contributed by atoms with van der Waals surface area (Å²) in [4.78, 5) is 13.7. The van der Waals surface area contributed by atoms with Crippen molar-refractivity contribution in [2.45, 2.75) is 32.8 Å². The molecule has 1 saturated heterocycles. The van der Waals surface area contributed by atoms with Gasteiger partial charge in [0.05, 0.1) is 5.92 Å². The summed E-state index contributed by atoms with van der Waals surface area (Å²) in [6.07, 6.45) is 2.66. The van der Waals surface area contributed by atoms with Crippen LogP contribution >= 0.6 is 0 Å². The third-order valence-corrected chi connectivity index (χ3v) is 2.22. The van der Waals surface area contributed by atoms with Gasteiger partial charge in [0.15, 0.2) is 0 Å². The van der Waals surface area contributed by atoms with Crippen molar-refractivity contribution in [2.75, 3.05) is 13.1 Å². The summed E-state index contributed by atoms with van der Waals surface area (Å²) in [6.45, 7) is 11.0. The van der Waals surface area contributed by atoms with E-state index < -0.39 is 0 Å². The topological polar surface area (TPSA) is 29.5 Å². The molecule has 14 heavy (non-hydrogen) atoms. The van der Waals surface area contributed by atoms with Crippen LogP contribution in [-0.2, 0) is 9.53 Å². The van der Waals surface area contributed by atoms with E-state index in [1.165, 1.54) is 0 Å². The molecule has 1 heterocycles. The van der Waals surface area contributed by atoms with Gasteiger partial charge in [-0.2, -0.15) is 0 Å². The van der Waals surface area contributed by atoms with Crippen LogP contribution in [0.1, 0.15) is 27.2 Å². The lowest BCUT2D eigenvalue weighted by molar-refractivity contribution is -0.159. The van der Waals surface area contributed by atoms with Crippen molar-refractivity contribution in [3.63, 3.8) is 0 Å². The van der Waals surface area contributed by atoms with E-state index in [4.69, 9.17) is 4.74 Å². The van der Waals surface area contributed by atoms with Crippen LogP contribution in [0.2, 0.25) is 0 Å². The second-order valence-electron chi connectivity index (χ2n) is 4.70. The van der Waals surface area contributed by atoms with Gasteiger partial charge in [-0.1, -0.05) is 6.58 Å². The van der Waals surface area contributed by atoms with E-state index >= 15 is 0 Å². The van der Waals surface area contributed by atoms with Crippen LogP contribution in [0, 0.1) is 5.92 Å². The lowest BCUT2D eigenvalue weighted by Crippen LogP contribution is -2.29. The molecule has 0 spiro atoms. The molecule has 1 aliphatic rings. The quantitative estimate of drug-likeness (QED) is 0.632. The first-order chi connectivity index (χ1) is 6.42. The van der Waals surface area contributed by atoms with E-state index in [0.717, 1.165) is 19.5 Å². The lowest BCUT2D eigenvalue weighted by Gasteiger charge is -2.22. The van der Waals surface area contributed by atoms with Gasteiger partial charge in [-0.15, -0.1) is 0 Å². The van der Waals surface area contributed by atoms with Crippen LogP contribution in [0.25, 0.3) is 0 Å². The van der Waals surface area contributed by atoms with Crippen molar-refractivity contribution in [3.05, 3.63) is 12.8 Å². The van der Waals surface area contributed by atoms with Crippen molar-refractivity contribution in [3.8, 4) is 0 Å². The first kappa shape index (κ1) is 11.1. The summed E-state index contributed by atoms with van der Waals surface area (Å²) in [5, 5.41) is 0. The standard InChI is InChI=1S/C11H19NO2/c1-5-12-7-6-9(8-12)10(13)14-11(2,3)4/h5,9H,1,6-8H2,2-4H3. The largest absolute Gasteiger partial charge is 0.460 e. The zero-order valence-corrected chi connectivity index (χ0v) is 9.25. The van der Waals surface area contributed by atoms with Crippen molar-refractivity contribution < 1.29 is 9.53 Å². The Labute approximate surface area is 85.7 Å². The smallest absolute Gasteiger partial charge is 0.311 e. The van der Waals surface area contributed by atoms with E-state index in [0.29, 0.717) is 0 Å². The van der Waals surface area contributed by atoms with Crippen molar-refractivity contribution in [1.29, 1.82) is 0 Å². The molecule has 1 unspecified atom stereocenters. The van der Waals surface area contributed by atoms with Gasteiger partial charge in [0.2, 0.25) is 0 Å². The molecule has 0 aromatic heterocycles. The number of rotatable bonds is 2. The number of nitrogens with zero attached hydrogens (tertiary/aromatic N) is 1. The summed E-state index contributed by atoms with van der Waals surface area (Å²) in [5.41, 5.74) is -0.376. The molecule has 3 heteroatoms. The highest BCUT2D eigenvalue weighted by molar-refractivity contribution is 5.73. The van der Waals surface area contributed by atoms with E-state index in [-0.39, 0.29) is 17.5 Å². The van der Waals surface area contributed by atoms with E-state index in [2.05, 4.69) is 11.5 Å². The van der Waals surface area contributed by atoms with Crippen LogP contribution < -0.4 is 0 Å². The summed E-state index contributed by atoms with van der Waals surface area (Å²) in [6, 6.07) is 0. The highest BCUT2D eigenvalue weighted by atomic mass is 16.6. The van der Waals surface area contributed by atoms with Gasteiger partial charge < -0.3 is 9.64 Å². The van der Waals surface area contributed by atoms with Gasteiger partial charge in [-0.3, -0.25) is 4.79 Å². The summed E-state index contributed by atoms with van der Waals surface area (Å²) in [5.74, 6) is -0.0610. The van der Waals surface area contributed by atoms with Crippen molar-refractivity contribution >= 4 is 5.97 Å². The van der Waals surface area contributed by atoms with Gasteiger partial charge >= 0.3 is 5.97 Å². The molecule has 0 aliphatic carbocycles. The Balaban J connectivity index is 2.43. The number of likely N-dealkylation sites (tertiary alicyclic amines) is 1. The Morgan fingerprint density at radius 3 is 2.64 bits per heavy atom. The Hall–Kier alpha value is -0.990. The SMILES string of the molecule is C=CN1CCC(C(=O)OC(C)(C)C)C1. The van der Waals surface area contributed by atoms with Crippen LogP contribution in [0.3, 0.4) is 0 Å². The minimum atomic E-state index is -0.376. The Bertz CT molecular complexity index is 230. The van der Waals surface area contributed by atoms with Crippen molar-refractivity contribution in [1.82, 2.24) is 4.90 Å². The number of ether oxygens (including phenoxy) is 1. The second-order valence-corrected chi connectivity index (χ2v) is 4.70. The molecule has 0 amide bonds. The molecule has 1 rings (SSSR count). The van der Waals surface area contributed by atoms with Gasteiger partial charge in [-0.05, 0) is 33.4 Å². The molecule has 0 bridgehead atoms. The highest BCUT2D eigenvalue weighted by Gasteiger charge is 2.30. The summed E-state index contributed by atoms with van der Waals surface area (Å²) in [7, 11) is 0. The average molecular weight is 197 g/mol. The minimum absolute atomic E-state index is 0.0206. The zero-order valence-electron chi connectivity index (χ0n) is 9.25. The average Bonchev–Trinajstić information content (AvgIpc) is 2.48. The van der Waals surface area contributed by atoms with Gasteiger partial charge in [-0.25, -0.2) is 0 Å². The lowest BCUT2D eigenvalue weighted by atomic mass is 10.1. The molecular weight excluding hydrogens is 178 g/mol. The molecule has 1 atom stereocenters. The molecule has 0 N–H and O–H groups in total. The third kappa shape index (κ3) is 3.05. The van der Waals surface area contributed by atoms with E-state index in [1.54, 1.807) is 6.20 Å². The van der Waals surface area contributed by atoms with Crippen LogP contribution in [0.4, 0.5) is 0 Å². The molecule has 0 radical (unpaired) electrons. The number of carbonyl (C=O) groups is 1. The van der Waals surface area contributed by atoms with Crippen LogP contribution in [0.15, 0.2) is 12.8 Å². The predicted octanol–water partition coefficient (Wildman–Crippen LogP) is 1.79. The first-order valence-electron chi connectivity index (χ1n) is 5.02. The maximum absolute atomic E-state index is 11.6. The fourth-order valence-electron chi connectivity index (χ4n) is 1.53. The molecule has 3 nitrogen and oxygen atoms in total. The van der Waals surface area contributed by atoms with Gasteiger partial charge in [0.1, 0.15) is 5.60 Å². The second kappa shape index (κ2) is 4.03. The monoisotopic (exact) mass is 197 g/mol. The number of esters is 1. The molecule has 1 aliphatic heterocycles. The van der Waals surface area contributed by atoms with Gasteiger partial charge in [0.25, 0.3) is 0 Å². The van der Waals surface area contributed by atoms with Gasteiger partial charge in [0, 0.05) is 13.1 Å². The minimum Gasteiger partial charge on any atom is -0.460 e. The first-order valence-corrected chi connectivity index (χ1v) is 5.02. The van der Waals surface area contributed by atoms with E-state index in [9.17, 15) is 4.79 Å². The Morgan fingerprint density at radius 1 is 1.57 bits per heavy atom. The molecule has 0 saturated carbocycles. The predicted molar refractivity (Wildman–Crippen MR) is 55.7 cm³/mol. The number of carbonyl (C=O) groups excluding carboxylic acids is 1. The summed E-state index contributed by atoms with van der Waals surface area (Å²) < 4.78 is 5.31. The Morgan fingerprint density at radius 2 is 2.21 bits per heavy atom. The van der Waals surface area contributed by atoms with E-state index in [1.807, 2.05) is 20.8 Å². The molecule has 0 aromatic rings. The molecular formula is C11H19NO2.